The predicted molar refractivity (Wildman–Crippen MR) is 102 cm³/mol. The fourth-order valence-corrected chi connectivity index (χ4v) is 4.76. The maximum absolute atomic E-state index is 15.0. The van der Waals surface area contributed by atoms with Gasteiger partial charge in [0.25, 0.3) is 5.56 Å². The second kappa shape index (κ2) is 5.51. The summed E-state index contributed by atoms with van der Waals surface area (Å²) in [6.07, 6.45) is 3.70. The molecule has 1 atom stereocenters. The number of aromatic nitrogens is 2. The Morgan fingerprint density at radius 3 is 2.67 bits per heavy atom. The van der Waals surface area contributed by atoms with Gasteiger partial charge in [-0.15, -0.1) is 0 Å². The highest BCUT2D eigenvalue weighted by Crippen LogP contribution is 2.42. The second-order valence-corrected chi connectivity index (χ2v) is 8.08. The summed E-state index contributed by atoms with van der Waals surface area (Å²) in [5.74, 6) is 5.40. The molecule has 3 aliphatic rings. The normalized spacial score (nSPS) is 21.9. The third-order valence-electron chi connectivity index (χ3n) is 5.73. The number of hydrogen-bond acceptors (Lipinski definition) is 5. The zero-order valence-corrected chi connectivity index (χ0v) is 15.5. The first-order valence-corrected chi connectivity index (χ1v) is 9.34. The van der Waals surface area contributed by atoms with Crippen LogP contribution >= 0.6 is 11.6 Å². The topological polar surface area (TPSA) is 76.5 Å². The molecule has 0 radical (unpaired) electrons. The number of hydrogen-bond donors (Lipinski definition) is 1. The molecule has 1 unspecified atom stereocenters. The van der Waals surface area contributed by atoms with Gasteiger partial charge in [0.2, 0.25) is 0 Å². The number of anilines is 1. The molecule has 0 bridgehead atoms. The van der Waals surface area contributed by atoms with Crippen LogP contribution in [0, 0.1) is 11.7 Å². The van der Waals surface area contributed by atoms with Gasteiger partial charge in [0.05, 0.1) is 21.6 Å². The molecule has 7 nitrogen and oxygen atoms in total. The quantitative estimate of drug-likeness (QED) is 0.780. The average Bonchev–Trinajstić information content (AvgIpc) is 3.28. The van der Waals surface area contributed by atoms with E-state index in [1.54, 1.807) is 0 Å². The van der Waals surface area contributed by atoms with Crippen molar-refractivity contribution in [2.75, 3.05) is 37.4 Å². The first-order chi connectivity index (χ1) is 12.9. The summed E-state index contributed by atoms with van der Waals surface area (Å²) in [6, 6.07) is 1.11. The molecule has 9 heteroatoms. The maximum Gasteiger partial charge on any atom is 0.350 e. The summed E-state index contributed by atoms with van der Waals surface area (Å²) in [7, 11) is 2.02. The molecule has 1 aliphatic carbocycles. The highest BCUT2D eigenvalue weighted by Gasteiger charge is 2.36. The van der Waals surface area contributed by atoms with Crippen LogP contribution in [0.4, 0.5) is 10.1 Å². The van der Waals surface area contributed by atoms with Crippen LogP contribution in [-0.2, 0) is 0 Å². The number of nitrogens with zero attached hydrogens (tertiary/aromatic N) is 4. The molecule has 27 heavy (non-hydrogen) atoms. The van der Waals surface area contributed by atoms with Crippen molar-refractivity contribution in [2.24, 2.45) is 5.92 Å². The lowest BCUT2D eigenvalue weighted by Gasteiger charge is -2.24. The van der Waals surface area contributed by atoms with Crippen molar-refractivity contribution >= 4 is 28.2 Å². The Kier molecular flexibility index (Phi) is 3.40. The molecule has 1 saturated carbocycles. The summed E-state index contributed by atoms with van der Waals surface area (Å²) >= 11 is 6.63. The van der Waals surface area contributed by atoms with Crippen LogP contribution in [0.25, 0.3) is 10.9 Å². The molecule has 1 aromatic carbocycles. The van der Waals surface area contributed by atoms with Crippen molar-refractivity contribution in [1.82, 2.24) is 14.1 Å². The van der Waals surface area contributed by atoms with Gasteiger partial charge in [0.1, 0.15) is 5.82 Å². The van der Waals surface area contributed by atoms with Crippen molar-refractivity contribution < 1.29 is 4.39 Å². The number of fused-ring (bicyclic) bond motifs is 2. The van der Waals surface area contributed by atoms with Gasteiger partial charge in [-0.25, -0.2) is 9.18 Å². The van der Waals surface area contributed by atoms with Crippen LogP contribution in [0.15, 0.2) is 27.4 Å². The molecule has 142 valence electrons. The minimum atomic E-state index is -0.734. The second-order valence-electron chi connectivity index (χ2n) is 7.70. The number of nitrogen functional groups attached to an aromatic ring is 1. The lowest BCUT2D eigenvalue weighted by Crippen LogP contribution is -2.44. The first kappa shape index (κ1) is 16.7. The Morgan fingerprint density at radius 1 is 1.26 bits per heavy atom. The van der Waals surface area contributed by atoms with Crippen molar-refractivity contribution in [3.8, 4) is 0 Å². The highest BCUT2D eigenvalue weighted by molar-refractivity contribution is 6.38. The summed E-state index contributed by atoms with van der Waals surface area (Å²) < 4.78 is 17.0. The third-order valence-corrected chi connectivity index (χ3v) is 6.09. The van der Waals surface area contributed by atoms with Gasteiger partial charge in [-0.2, -0.15) is 4.68 Å². The Bertz CT molecular complexity index is 1130. The van der Waals surface area contributed by atoms with Crippen LogP contribution in [-0.4, -0.2) is 40.8 Å². The number of benzene rings is 1. The van der Waals surface area contributed by atoms with E-state index in [9.17, 15) is 9.59 Å². The van der Waals surface area contributed by atoms with E-state index in [-0.39, 0.29) is 27.7 Å². The maximum atomic E-state index is 15.0. The van der Waals surface area contributed by atoms with Gasteiger partial charge in [-0.3, -0.25) is 9.36 Å². The first-order valence-electron chi connectivity index (χ1n) is 8.97. The van der Waals surface area contributed by atoms with Gasteiger partial charge in [-0.1, -0.05) is 11.6 Å². The Balaban J connectivity index is 1.75. The fraction of sp³-hybridized carbons (Fsp3) is 0.444. The van der Waals surface area contributed by atoms with Crippen molar-refractivity contribution in [3.63, 3.8) is 0 Å². The number of nitrogens with two attached hydrogens (primary N) is 1. The van der Waals surface area contributed by atoms with Gasteiger partial charge in [0, 0.05) is 44.8 Å². The van der Waals surface area contributed by atoms with E-state index in [0.717, 1.165) is 25.5 Å². The molecule has 1 saturated heterocycles. The molecule has 1 aromatic heterocycles. The average molecular weight is 392 g/mol. The smallest absolute Gasteiger partial charge is 0.350 e. The molecular formula is C18H19ClFN5O2. The number of rotatable bonds is 2. The minimum absolute atomic E-state index is 0.0357. The lowest BCUT2D eigenvalue weighted by molar-refractivity contribution is 0.442. The molecule has 2 fully saturated rings. The van der Waals surface area contributed by atoms with E-state index >= 15 is 4.39 Å². The summed E-state index contributed by atoms with van der Waals surface area (Å²) in [5, 5.41) is 0.147. The summed E-state index contributed by atoms with van der Waals surface area (Å²) in [5.41, 5.74) is 0.435. The van der Waals surface area contributed by atoms with E-state index in [2.05, 4.69) is 11.1 Å². The Morgan fingerprint density at radius 2 is 2.00 bits per heavy atom. The van der Waals surface area contributed by atoms with E-state index in [1.165, 1.54) is 10.1 Å². The highest BCUT2D eigenvalue weighted by atomic mass is 35.5. The molecule has 3 heterocycles. The van der Waals surface area contributed by atoms with Gasteiger partial charge in [0.15, 0.2) is 0 Å². The van der Waals surface area contributed by atoms with Gasteiger partial charge in [-0.05, 0) is 24.5 Å². The van der Waals surface area contributed by atoms with Crippen molar-refractivity contribution in [2.45, 2.75) is 18.9 Å². The van der Waals surface area contributed by atoms with Crippen LogP contribution < -0.4 is 22.0 Å². The largest absolute Gasteiger partial charge is 0.380 e. The van der Waals surface area contributed by atoms with Crippen LogP contribution in [0.2, 0.25) is 5.02 Å². The van der Waals surface area contributed by atoms with Gasteiger partial charge >= 0.3 is 5.69 Å². The summed E-state index contributed by atoms with van der Waals surface area (Å²) in [6.45, 7) is 2.13. The predicted octanol–water partition coefficient (Wildman–Crippen LogP) is 1.27. The molecule has 2 N–H and O–H groups in total. The van der Waals surface area contributed by atoms with Crippen molar-refractivity contribution in [3.05, 3.63) is 49.5 Å². The SMILES string of the molecule is CN1C=C2CN(c3c(F)cc4c(=O)n(N)c(=O)n(C5CC5)c4c3Cl)CC2C1. The van der Waals surface area contributed by atoms with Gasteiger partial charge < -0.3 is 15.6 Å². The molecular weight excluding hydrogens is 373 g/mol. The Hall–Kier alpha value is -2.48. The zero-order chi connectivity index (χ0) is 19.0. The molecule has 0 spiro atoms. The minimum Gasteiger partial charge on any atom is -0.380 e. The monoisotopic (exact) mass is 391 g/mol. The van der Waals surface area contributed by atoms with Crippen LogP contribution in [0.3, 0.4) is 0 Å². The van der Waals surface area contributed by atoms with Crippen molar-refractivity contribution in [1.29, 1.82) is 0 Å². The van der Waals surface area contributed by atoms with E-state index in [0.29, 0.717) is 23.7 Å². The third kappa shape index (κ3) is 2.32. The van der Waals surface area contributed by atoms with E-state index < -0.39 is 17.1 Å². The Labute approximate surface area is 159 Å². The lowest BCUT2D eigenvalue weighted by atomic mass is 10.1. The van der Waals surface area contributed by atoms with Crippen LogP contribution in [0.1, 0.15) is 18.9 Å². The molecule has 2 aromatic rings. The molecule has 5 rings (SSSR count). The standard InChI is InChI=1S/C18H19ClFN5O2/c1-22-5-9-7-23(8-10(9)6-22)16-13(20)4-12-15(14(16)19)24(11-2-3-11)18(27)25(21)17(12)26/h4-5,10-11H,2-3,6-8,21H2,1H3. The molecule has 0 amide bonds. The molecule has 2 aliphatic heterocycles. The number of halogens is 2. The summed E-state index contributed by atoms with van der Waals surface area (Å²) in [4.78, 5) is 29.0. The zero-order valence-electron chi connectivity index (χ0n) is 14.8. The fourth-order valence-electron chi connectivity index (χ4n) is 4.36. The van der Waals surface area contributed by atoms with E-state index in [1.807, 2.05) is 11.9 Å². The van der Waals surface area contributed by atoms with Crippen LogP contribution in [0.5, 0.6) is 0 Å². The van der Waals surface area contributed by atoms with E-state index in [4.69, 9.17) is 17.4 Å².